The first-order valence-electron chi connectivity index (χ1n) is 7.71. The minimum Gasteiger partial charge on any atom is -0.395 e. The number of nitrogens with zero attached hydrogens (tertiary/aromatic N) is 2. The number of aliphatic hydroxyl groups is 1. The molecule has 0 heterocycles. The summed E-state index contributed by atoms with van der Waals surface area (Å²) in [6.07, 6.45) is 0.653. The molecular formula is C18H20N2O4. The molecule has 2 aromatic carbocycles. The fraction of sp³-hybridized carbons (Fsp3) is 0.278. The lowest BCUT2D eigenvalue weighted by Crippen LogP contribution is -2.35. The number of benzene rings is 2. The summed E-state index contributed by atoms with van der Waals surface area (Å²) in [4.78, 5) is 24.7. The van der Waals surface area contributed by atoms with Crippen molar-refractivity contribution < 1.29 is 14.8 Å². The number of hydrogen-bond donors (Lipinski definition) is 1. The Bertz CT molecular complexity index is 716. The van der Waals surface area contributed by atoms with Crippen molar-refractivity contribution in [2.75, 3.05) is 19.7 Å². The van der Waals surface area contributed by atoms with Crippen LogP contribution >= 0.6 is 0 Å². The second-order valence-corrected chi connectivity index (χ2v) is 5.57. The fourth-order valence-electron chi connectivity index (χ4n) is 2.52. The van der Waals surface area contributed by atoms with Crippen molar-refractivity contribution >= 4 is 11.6 Å². The lowest BCUT2D eigenvalue weighted by molar-refractivity contribution is -0.384. The Morgan fingerprint density at radius 1 is 1.17 bits per heavy atom. The van der Waals surface area contributed by atoms with Crippen molar-refractivity contribution in [3.63, 3.8) is 0 Å². The molecule has 24 heavy (non-hydrogen) atoms. The molecule has 1 amide bonds. The standard InChI is InChI=1S/C18H20N2O4/c1-14-11-16(13-17(12-14)20(23)24)18(22)19(9-10-21)8-7-15-5-3-2-4-6-15/h2-6,11-13,21H,7-10H2,1H3. The van der Waals surface area contributed by atoms with Gasteiger partial charge in [-0.15, -0.1) is 0 Å². The summed E-state index contributed by atoms with van der Waals surface area (Å²) in [6.45, 7) is 2.18. The van der Waals surface area contributed by atoms with Crippen LogP contribution < -0.4 is 0 Å². The summed E-state index contributed by atoms with van der Waals surface area (Å²) in [6, 6.07) is 14.1. The van der Waals surface area contributed by atoms with E-state index in [0.29, 0.717) is 18.5 Å². The number of aryl methyl sites for hydroxylation is 1. The number of aliphatic hydroxyl groups excluding tert-OH is 1. The molecule has 0 aliphatic carbocycles. The molecule has 0 unspecified atom stereocenters. The van der Waals surface area contributed by atoms with Crippen molar-refractivity contribution in [3.05, 3.63) is 75.3 Å². The van der Waals surface area contributed by atoms with Gasteiger partial charge in [-0.05, 0) is 30.5 Å². The number of non-ortho nitro benzene ring substituents is 1. The molecule has 1 N–H and O–H groups in total. The number of carbonyl (C=O) groups excluding carboxylic acids is 1. The molecular weight excluding hydrogens is 308 g/mol. The van der Waals surface area contributed by atoms with Crippen LogP contribution in [0.2, 0.25) is 0 Å². The molecule has 0 saturated heterocycles. The van der Waals surface area contributed by atoms with Crippen LogP contribution in [0.4, 0.5) is 5.69 Å². The van der Waals surface area contributed by atoms with Crippen molar-refractivity contribution in [3.8, 4) is 0 Å². The third kappa shape index (κ3) is 4.63. The van der Waals surface area contributed by atoms with Crippen LogP contribution in [-0.2, 0) is 6.42 Å². The Balaban J connectivity index is 2.17. The third-order valence-electron chi connectivity index (χ3n) is 3.69. The monoisotopic (exact) mass is 328 g/mol. The van der Waals surface area contributed by atoms with E-state index in [1.54, 1.807) is 13.0 Å². The molecule has 0 spiro atoms. The van der Waals surface area contributed by atoms with Gasteiger partial charge in [-0.1, -0.05) is 30.3 Å². The predicted octanol–water partition coefficient (Wildman–Crippen LogP) is 2.58. The highest BCUT2D eigenvalue weighted by molar-refractivity contribution is 5.95. The van der Waals surface area contributed by atoms with E-state index >= 15 is 0 Å². The fourth-order valence-corrected chi connectivity index (χ4v) is 2.52. The maximum atomic E-state index is 12.7. The van der Waals surface area contributed by atoms with E-state index in [2.05, 4.69) is 0 Å². The quantitative estimate of drug-likeness (QED) is 0.625. The van der Waals surface area contributed by atoms with Crippen molar-refractivity contribution in [1.29, 1.82) is 0 Å². The van der Waals surface area contributed by atoms with Crippen LogP contribution in [0.25, 0.3) is 0 Å². The molecule has 126 valence electrons. The number of carbonyl (C=O) groups is 1. The summed E-state index contributed by atoms with van der Waals surface area (Å²) in [5.41, 5.74) is 1.90. The first-order chi connectivity index (χ1) is 11.5. The van der Waals surface area contributed by atoms with Gasteiger partial charge >= 0.3 is 0 Å². The molecule has 0 fully saturated rings. The molecule has 6 heteroatoms. The average Bonchev–Trinajstić information content (AvgIpc) is 2.58. The lowest BCUT2D eigenvalue weighted by Gasteiger charge is -2.22. The number of hydrogen-bond acceptors (Lipinski definition) is 4. The van der Waals surface area contributed by atoms with Crippen molar-refractivity contribution in [1.82, 2.24) is 4.90 Å². The zero-order valence-electron chi connectivity index (χ0n) is 13.5. The van der Waals surface area contributed by atoms with Gasteiger partial charge in [0.2, 0.25) is 0 Å². The van der Waals surface area contributed by atoms with Crippen LogP contribution in [0.1, 0.15) is 21.5 Å². The summed E-state index contributed by atoms with van der Waals surface area (Å²) in [5.74, 6) is -0.313. The van der Waals surface area contributed by atoms with Gasteiger partial charge in [0.25, 0.3) is 11.6 Å². The van der Waals surface area contributed by atoms with Gasteiger partial charge in [0.15, 0.2) is 0 Å². The van der Waals surface area contributed by atoms with Gasteiger partial charge in [-0.2, -0.15) is 0 Å². The molecule has 0 saturated carbocycles. The number of nitro groups is 1. The molecule has 0 atom stereocenters. The summed E-state index contributed by atoms with van der Waals surface area (Å²) in [7, 11) is 0. The molecule has 0 aliphatic rings. The van der Waals surface area contributed by atoms with E-state index in [4.69, 9.17) is 0 Å². The molecule has 2 aromatic rings. The topological polar surface area (TPSA) is 83.7 Å². The van der Waals surface area contributed by atoms with Crippen molar-refractivity contribution in [2.24, 2.45) is 0 Å². The Hall–Kier alpha value is -2.73. The van der Waals surface area contributed by atoms with Gasteiger partial charge < -0.3 is 10.0 Å². The van der Waals surface area contributed by atoms with Crippen LogP contribution in [0, 0.1) is 17.0 Å². The van der Waals surface area contributed by atoms with Crippen molar-refractivity contribution in [2.45, 2.75) is 13.3 Å². The molecule has 0 bridgehead atoms. The molecule has 0 aromatic heterocycles. The highest BCUT2D eigenvalue weighted by Crippen LogP contribution is 2.18. The normalized spacial score (nSPS) is 10.4. The Kier molecular flexibility index (Phi) is 6.03. The van der Waals surface area contributed by atoms with E-state index in [-0.39, 0.29) is 30.3 Å². The van der Waals surface area contributed by atoms with E-state index in [1.807, 2.05) is 30.3 Å². The summed E-state index contributed by atoms with van der Waals surface area (Å²) in [5, 5.41) is 20.2. The van der Waals surface area contributed by atoms with Crippen LogP contribution in [0.3, 0.4) is 0 Å². The van der Waals surface area contributed by atoms with Gasteiger partial charge in [0, 0.05) is 30.8 Å². The van der Waals surface area contributed by atoms with Gasteiger partial charge in [-0.25, -0.2) is 0 Å². The SMILES string of the molecule is Cc1cc(C(=O)N(CCO)CCc2ccccc2)cc([N+](=O)[O-])c1. The Labute approximate surface area is 140 Å². The van der Waals surface area contributed by atoms with Gasteiger partial charge in [-0.3, -0.25) is 14.9 Å². The maximum absolute atomic E-state index is 12.7. The van der Waals surface area contributed by atoms with E-state index < -0.39 is 4.92 Å². The van der Waals surface area contributed by atoms with Crippen LogP contribution in [-0.4, -0.2) is 40.5 Å². The van der Waals surface area contributed by atoms with E-state index in [1.165, 1.54) is 17.0 Å². The maximum Gasteiger partial charge on any atom is 0.270 e. The first kappa shape index (κ1) is 17.6. The highest BCUT2D eigenvalue weighted by atomic mass is 16.6. The van der Waals surface area contributed by atoms with Crippen LogP contribution in [0.5, 0.6) is 0 Å². The molecule has 0 radical (unpaired) electrons. The van der Waals surface area contributed by atoms with E-state index in [9.17, 15) is 20.0 Å². The number of rotatable bonds is 7. The van der Waals surface area contributed by atoms with E-state index in [0.717, 1.165) is 5.56 Å². The third-order valence-corrected chi connectivity index (χ3v) is 3.69. The Morgan fingerprint density at radius 3 is 2.50 bits per heavy atom. The smallest absolute Gasteiger partial charge is 0.270 e. The average molecular weight is 328 g/mol. The minimum atomic E-state index is -0.510. The van der Waals surface area contributed by atoms with Crippen LogP contribution in [0.15, 0.2) is 48.5 Å². The highest BCUT2D eigenvalue weighted by Gasteiger charge is 2.19. The summed E-state index contributed by atoms with van der Waals surface area (Å²) < 4.78 is 0. The Morgan fingerprint density at radius 2 is 1.88 bits per heavy atom. The number of nitro benzene ring substituents is 1. The lowest BCUT2D eigenvalue weighted by atomic mass is 10.1. The molecule has 0 aliphatic heterocycles. The molecule has 6 nitrogen and oxygen atoms in total. The second kappa shape index (κ2) is 8.21. The zero-order chi connectivity index (χ0) is 17.5. The number of amides is 1. The second-order valence-electron chi connectivity index (χ2n) is 5.57. The van der Waals surface area contributed by atoms with Gasteiger partial charge in [0.1, 0.15) is 0 Å². The predicted molar refractivity (Wildman–Crippen MR) is 91.0 cm³/mol. The summed E-state index contributed by atoms with van der Waals surface area (Å²) >= 11 is 0. The first-order valence-corrected chi connectivity index (χ1v) is 7.71. The van der Waals surface area contributed by atoms with Gasteiger partial charge in [0.05, 0.1) is 11.5 Å². The largest absolute Gasteiger partial charge is 0.395 e. The zero-order valence-corrected chi connectivity index (χ0v) is 13.5. The molecule has 2 rings (SSSR count). The minimum absolute atomic E-state index is 0.106.